The van der Waals surface area contributed by atoms with Crippen LogP contribution in [0, 0.1) is 6.92 Å². The molecular weight excluding hydrogens is 437 g/mol. The summed E-state index contributed by atoms with van der Waals surface area (Å²) in [5.41, 5.74) is 3.33. The Morgan fingerprint density at radius 2 is 1.64 bits per heavy atom. The quantitative estimate of drug-likeness (QED) is 0.485. The lowest BCUT2D eigenvalue weighted by Crippen LogP contribution is -2.11. The van der Waals surface area contributed by atoms with E-state index in [1.165, 1.54) is 23.5 Å². The number of thiophene rings is 1. The first-order valence-corrected chi connectivity index (χ1v) is 11.5. The van der Waals surface area contributed by atoms with Crippen LogP contribution in [0.25, 0.3) is 21.6 Å². The van der Waals surface area contributed by atoms with Crippen molar-refractivity contribution in [3.05, 3.63) is 63.0 Å². The number of benzene rings is 2. The molecule has 1 aromatic heterocycles. The fourth-order valence-electron chi connectivity index (χ4n) is 2.94. The third-order valence-electron chi connectivity index (χ3n) is 4.37. The number of hydrogen-bond donors (Lipinski definition) is 1. The molecule has 0 unspecified atom stereocenters. The van der Waals surface area contributed by atoms with E-state index in [4.69, 9.17) is 28.3 Å². The summed E-state index contributed by atoms with van der Waals surface area (Å²) in [6.07, 6.45) is 0.364. The topological polar surface area (TPSA) is 77.2 Å². The Kier molecular flexibility index (Phi) is 5.98. The lowest BCUT2D eigenvalue weighted by Gasteiger charge is -2.07. The van der Waals surface area contributed by atoms with E-state index < -0.39 is 10.0 Å². The zero-order valence-corrected chi connectivity index (χ0v) is 18.3. The summed E-state index contributed by atoms with van der Waals surface area (Å²) < 4.78 is 23.0. The zero-order valence-electron chi connectivity index (χ0n) is 15.1. The molecule has 0 aliphatic rings. The van der Waals surface area contributed by atoms with Gasteiger partial charge in [0.1, 0.15) is 0 Å². The van der Waals surface area contributed by atoms with Crippen LogP contribution in [0.3, 0.4) is 0 Å². The molecule has 28 heavy (non-hydrogen) atoms. The zero-order chi connectivity index (χ0) is 20.6. The van der Waals surface area contributed by atoms with Crippen LogP contribution in [0.4, 0.5) is 0 Å². The highest BCUT2D eigenvalue weighted by atomic mass is 35.5. The van der Waals surface area contributed by atoms with Gasteiger partial charge >= 0.3 is 0 Å². The lowest BCUT2D eigenvalue weighted by molar-refractivity contribution is 0.0992. The van der Waals surface area contributed by atoms with Gasteiger partial charge in [-0.25, -0.2) is 13.6 Å². The number of carbonyl (C=O) groups is 1. The predicted octanol–water partition coefficient (Wildman–Crippen LogP) is 5.94. The smallest absolute Gasteiger partial charge is 0.238 e. The van der Waals surface area contributed by atoms with Crippen molar-refractivity contribution in [1.82, 2.24) is 0 Å². The molecule has 0 radical (unpaired) electrons. The van der Waals surface area contributed by atoms with Gasteiger partial charge in [-0.2, -0.15) is 0 Å². The summed E-state index contributed by atoms with van der Waals surface area (Å²) in [6, 6.07) is 11.6. The molecule has 0 saturated heterocycles. The number of halogens is 2. The minimum atomic E-state index is -3.78. The van der Waals surface area contributed by atoms with E-state index in [9.17, 15) is 13.2 Å². The van der Waals surface area contributed by atoms with Crippen LogP contribution in [0.2, 0.25) is 10.0 Å². The highest BCUT2D eigenvalue weighted by Gasteiger charge is 2.22. The molecule has 0 aliphatic heterocycles. The van der Waals surface area contributed by atoms with Crippen molar-refractivity contribution in [3.63, 3.8) is 0 Å². The SMILES string of the molecule is CCC(=O)c1sc(-c2ccc(Cl)c(Cl)c2)c(C)c1-c1ccc(S(N)(=O)=O)cc1. The van der Waals surface area contributed by atoms with Crippen LogP contribution < -0.4 is 5.14 Å². The normalized spacial score (nSPS) is 11.6. The van der Waals surface area contributed by atoms with Gasteiger partial charge in [0.2, 0.25) is 10.0 Å². The number of Topliss-reactive ketones (excluding diaryl/α,β-unsaturated/α-hetero) is 1. The maximum absolute atomic E-state index is 12.6. The van der Waals surface area contributed by atoms with Crippen LogP contribution in [0.15, 0.2) is 47.4 Å². The molecule has 0 bridgehead atoms. The van der Waals surface area contributed by atoms with Gasteiger partial charge in [0.05, 0.1) is 19.8 Å². The number of hydrogen-bond acceptors (Lipinski definition) is 4. The predicted molar refractivity (Wildman–Crippen MR) is 116 cm³/mol. The average Bonchev–Trinajstić information content (AvgIpc) is 3.00. The number of sulfonamides is 1. The van der Waals surface area contributed by atoms with Crippen molar-refractivity contribution in [1.29, 1.82) is 0 Å². The van der Waals surface area contributed by atoms with E-state index in [1.54, 1.807) is 24.3 Å². The Morgan fingerprint density at radius 1 is 1.04 bits per heavy atom. The number of carbonyl (C=O) groups excluding carboxylic acids is 1. The molecule has 2 aromatic carbocycles. The molecule has 8 heteroatoms. The van der Waals surface area contributed by atoms with Crippen molar-refractivity contribution < 1.29 is 13.2 Å². The maximum atomic E-state index is 12.6. The Morgan fingerprint density at radius 3 is 2.18 bits per heavy atom. The highest BCUT2D eigenvalue weighted by Crippen LogP contribution is 2.43. The van der Waals surface area contributed by atoms with Crippen LogP contribution in [-0.2, 0) is 10.0 Å². The molecular formula is C20H17Cl2NO3S2. The molecule has 1 heterocycles. The fraction of sp³-hybridized carbons (Fsp3) is 0.150. The summed E-state index contributed by atoms with van der Waals surface area (Å²) in [4.78, 5) is 14.2. The minimum absolute atomic E-state index is 0.0185. The summed E-state index contributed by atoms with van der Waals surface area (Å²) in [7, 11) is -3.78. The van der Waals surface area contributed by atoms with Crippen molar-refractivity contribution >= 4 is 50.3 Å². The molecule has 0 atom stereocenters. The lowest BCUT2D eigenvalue weighted by atomic mass is 9.97. The standard InChI is InChI=1S/C20H17Cl2NO3S2/c1-3-17(24)20-18(12-4-7-14(8-5-12)28(23,25)26)11(2)19(27-20)13-6-9-15(21)16(22)10-13/h4-10H,3H2,1-2H3,(H2,23,25,26). The van der Waals surface area contributed by atoms with Gasteiger partial charge in [0.25, 0.3) is 0 Å². The second kappa shape index (κ2) is 7.97. The molecule has 146 valence electrons. The minimum Gasteiger partial charge on any atom is -0.293 e. The van der Waals surface area contributed by atoms with Gasteiger partial charge in [-0.15, -0.1) is 11.3 Å². The van der Waals surface area contributed by atoms with Crippen molar-refractivity contribution in [3.8, 4) is 21.6 Å². The summed E-state index contributed by atoms with van der Waals surface area (Å²) in [5.74, 6) is 0.0185. The summed E-state index contributed by atoms with van der Waals surface area (Å²) in [5, 5.41) is 6.08. The fourth-order valence-corrected chi connectivity index (χ4v) is 5.09. The molecule has 0 aliphatic carbocycles. The van der Waals surface area contributed by atoms with Crippen molar-refractivity contribution in [2.75, 3.05) is 0 Å². The van der Waals surface area contributed by atoms with Gasteiger partial charge < -0.3 is 0 Å². The molecule has 0 saturated carbocycles. The number of nitrogens with two attached hydrogens (primary N) is 1. The number of rotatable bonds is 5. The van der Waals surface area contributed by atoms with Gasteiger partial charge in [-0.1, -0.05) is 48.3 Å². The van der Waals surface area contributed by atoms with Gasteiger partial charge in [0, 0.05) is 16.9 Å². The Hall–Kier alpha value is -1.70. The molecule has 2 N–H and O–H groups in total. The number of ketones is 1. The summed E-state index contributed by atoms with van der Waals surface area (Å²) in [6.45, 7) is 3.74. The third kappa shape index (κ3) is 4.02. The Balaban J connectivity index is 2.21. The van der Waals surface area contributed by atoms with Crippen LogP contribution in [0.1, 0.15) is 28.6 Å². The molecule has 3 rings (SSSR count). The Labute approximate surface area is 178 Å². The number of primary sulfonamides is 1. The first-order chi connectivity index (χ1) is 13.1. The second-order valence-corrected chi connectivity index (χ2v) is 9.63. The van der Waals surface area contributed by atoms with E-state index in [1.807, 2.05) is 19.9 Å². The van der Waals surface area contributed by atoms with Crippen LogP contribution in [0.5, 0.6) is 0 Å². The molecule has 4 nitrogen and oxygen atoms in total. The second-order valence-electron chi connectivity index (χ2n) is 6.24. The molecule has 0 spiro atoms. The van der Waals surface area contributed by atoms with Crippen molar-refractivity contribution in [2.24, 2.45) is 5.14 Å². The third-order valence-corrected chi connectivity index (χ3v) is 7.42. The van der Waals surface area contributed by atoms with Gasteiger partial charge in [-0.05, 0) is 47.9 Å². The highest BCUT2D eigenvalue weighted by molar-refractivity contribution is 7.89. The van der Waals surface area contributed by atoms with E-state index in [2.05, 4.69) is 0 Å². The average molecular weight is 454 g/mol. The van der Waals surface area contributed by atoms with E-state index >= 15 is 0 Å². The van der Waals surface area contributed by atoms with E-state index in [-0.39, 0.29) is 10.7 Å². The molecule has 0 amide bonds. The first-order valence-electron chi connectivity index (χ1n) is 8.38. The first kappa shape index (κ1) is 21.0. The van der Waals surface area contributed by atoms with Crippen LogP contribution in [-0.4, -0.2) is 14.2 Å². The molecule has 0 fully saturated rings. The van der Waals surface area contributed by atoms with Gasteiger partial charge in [-0.3, -0.25) is 4.79 Å². The van der Waals surface area contributed by atoms with Crippen molar-refractivity contribution in [2.45, 2.75) is 25.2 Å². The molecule has 3 aromatic rings. The monoisotopic (exact) mass is 453 g/mol. The van der Waals surface area contributed by atoms with E-state index in [0.29, 0.717) is 21.3 Å². The maximum Gasteiger partial charge on any atom is 0.238 e. The van der Waals surface area contributed by atoms with E-state index in [0.717, 1.165) is 27.1 Å². The Bertz CT molecular complexity index is 1170. The summed E-state index contributed by atoms with van der Waals surface area (Å²) >= 11 is 13.6. The van der Waals surface area contributed by atoms with Gasteiger partial charge in [0.15, 0.2) is 5.78 Å². The van der Waals surface area contributed by atoms with Crippen LogP contribution >= 0.6 is 34.5 Å². The largest absolute Gasteiger partial charge is 0.293 e.